The van der Waals surface area contributed by atoms with E-state index >= 15 is 0 Å². The van der Waals surface area contributed by atoms with Crippen LogP contribution in [0.5, 0.6) is 0 Å². The molecular formula is C5H8F2. The van der Waals surface area contributed by atoms with Gasteiger partial charge in [0.15, 0.2) is 0 Å². The second kappa shape index (κ2) is 2.72. The maximum Gasteiger partial charge on any atom is 0.266 e. The fourth-order valence-corrected chi connectivity index (χ4v) is 0.252. The van der Waals surface area contributed by atoms with Crippen LogP contribution in [0.25, 0.3) is 0 Å². The van der Waals surface area contributed by atoms with Gasteiger partial charge >= 0.3 is 0 Å². The Kier molecular flexibility index (Phi) is 2.56. The SMILES string of the molecule is CC(C)C=C(F)F. The van der Waals surface area contributed by atoms with E-state index in [-0.39, 0.29) is 5.92 Å². The summed E-state index contributed by atoms with van der Waals surface area (Å²) in [5.74, 6) is -0.0370. The molecule has 0 aliphatic rings. The van der Waals surface area contributed by atoms with E-state index < -0.39 is 6.08 Å². The first-order chi connectivity index (χ1) is 3.13. The third kappa shape index (κ3) is 5.60. The second-order valence-electron chi connectivity index (χ2n) is 1.70. The lowest BCUT2D eigenvalue weighted by Crippen LogP contribution is -1.76. The first-order valence-electron chi connectivity index (χ1n) is 2.15. The minimum absolute atomic E-state index is 0.0370. The molecule has 0 bridgehead atoms. The van der Waals surface area contributed by atoms with Crippen molar-refractivity contribution in [3.05, 3.63) is 12.2 Å². The number of hydrogen-bond acceptors (Lipinski definition) is 0. The van der Waals surface area contributed by atoms with Gasteiger partial charge in [0, 0.05) is 0 Å². The van der Waals surface area contributed by atoms with E-state index in [2.05, 4.69) is 0 Å². The monoisotopic (exact) mass is 106 g/mol. The van der Waals surface area contributed by atoms with Gasteiger partial charge in [-0.1, -0.05) is 13.8 Å². The predicted octanol–water partition coefficient (Wildman–Crippen LogP) is 2.42. The molecule has 0 unspecified atom stereocenters. The number of allylic oxidation sites excluding steroid dienone is 1. The van der Waals surface area contributed by atoms with Crippen LogP contribution in [0.3, 0.4) is 0 Å². The Balaban J connectivity index is 3.45. The molecule has 0 rings (SSSR count). The minimum atomic E-state index is -1.59. The van der Waals surface area contributed by atoms with Crippen molar-refractivity contribution in [3.8, 4) is 0 Å². The predicted molar refractivity (Wildman–Crippen MR) is 25.1 cm³/mol. The summed E-state index contributed by atoms with van der Waals surface area (Å²) >= 11 is 0. The van der Waals surface area contributed by atoms with Gasteiger partial charge in [-0.25, -0.2) is 0 Å². The van der Waals surface area contributed by atoms with Crippen molar-refractivity contribution >= 4 is 0 Å². The highest BCUT2D eigenvalue weighted by Gasteiger charge is 1.89. The second-order valence-corrected chi connectivity index (χ2v) is 1.70. The molecule has 0 aromatic rings. The summed E-state index contributed by atoms with van der Waals surface area (Å²) in [7, 11) is 0. The zero-order valence-electron chi connectivity index (χ0n) is 4.41. The van der Waals surface area contributed by atoms with Crippen LogP contribution in [0.1, 0.15) is 13.8 Å². The Morgan fingerprint density at radius 2 is 1.86 bits per heavy atom. The molecule has 0 aromatic carbocycles. The molecule has 0 aliphatic carbocycles. The molecule has 0 aromatic heterocycles. The van der Waals surface area contributed by atoms with Gasteiger partial charge in [0.25, 0.3) is 6.08 Å². The van der Waals surface area contributed by atoms with Crippen molar-refractivity contribution in [1.82, 2.24) is 0 Å². The van der Waals surface area contributed by atoms with Gasteiger partial charge in [0.05, 0.1) is 0 Å². The lowest BCUT2D eigenvalue weighted by molar-refractivity contribution is 0.412. The molecule has 0 saturated heterocycles. The zero-order chi connectivity index (χ0) is 5.86. The van der Waals surface area contributed by atoms with Crippen LogP contribution in [-0.2, 0) is 0 Å². The molecule has 0 fully saturated rings. The Bertz CT molecular complexity index is 70.1. The molecule has 2 heteroatoms. The summed E-state index contributed by atoms with van der Waals surface area (Å²) in [4.78, 5) is 0. The number of halogens is 2. The molecule has 0 atom stereocenters. The fourth-order valence-electron chi connectivity index (χ4n) is 0.252. The topological polar surface area (TPSA) is 0 Å². The fraction of sp³-hybridized carbons (Fsp3) is 0.600. The van der Waals surface area contributed by atoms with Crippen molar-refractivity contribution in [3.63, 3.8) is 0 Å². The van der Waals surface area contributed by atoms with E-state index in [1.54, 1.807) is 13.8 Å². The lowest BCUT2D eigenvalue weighted by atomic mass is 10.2. The van der Waals surface area contributed by atoms with Gasteiger partial charge in [0.1, 0.15) is 0 Å². The average molecular weight is 106 g/mol. The normalized spacial score (nSPS) is 9.29. The highest BCUT2D eigenvalue weighted by Crippen LogP contribution is 2.02. The number of hydrogen-bond donors (Lipinski definition) is 0. The molecule has 0 radical (unpaired) electrons. The van der Waals surface area contributed by atoms with E-state index in [0.29, 0.717) is 0 Å². The van der Waals surface area contributed by atoms with Gasteiger partial charge in [-0.3, -0.25) is 0 Å². The first-order valence-corrected chi connectivity index (χ1v) is 2.15. The highest BCUT2D eigenvalue weighted by molar-refractivity contribution is 4.82. The van der Waals surface area contributed by atoms with Gasteiger partial charge in [-0.2, -0.15) is 8.78 Å². The van der Waals surface area contributed by atoms with E-state index in [9.17, 15) is 8.78 Å². The quantitative estimate of drug-likeness (QED) is 0.481. The minimum Gasteiger partial charge on any atom is -0.174 e. The van der Waals surface area contributed by atoms with Crippen molar-refractivity contribution in [2.75, 3.05) is 0 Å². The molecule has 0 saturated carbocycles. The third-order valence-corrected chi connectivity index (χ3v) is 0.459. The molecular weight excluding hydrogens is 98.1 g/mol. The summed E-state index contributed by atoms with van der Waals surface area (Å²) in [5, 5.41) is 0. The Hall–Kier alpha value is -0.400. The summed E-state index contributed by atoms with van der Waals surface area (Å²) in [6.45, 7) is 3.42. The number of rotatable bonds is 1. The van der Waals surface area contributed by atoms with Gasteiger partial charge in [0.2, 0.25) is 0 Å². The van der Waals surface area contributed by atoms with Crippen molar-refractivity contribution in [2.45, 2.75) is 13.8 Å². The summed E-state index contributed by atoms with van der Waals surface area (Å²) < 4.78 is 22.3. The van der Waals surface area contributed by atoms with Gasteiger partial charge in [-0.15, -0.1) is 0 Å². The molecule has 0 heterocycles. The van der Waals surface area contributed by atoms with Crippen LogP contribution in [0.15, 0.2) is 12.2 Å². The van der Waals surface area contributed by atoms with Crippen LogP contribution in [0.4, 0.5) is 8.78 Å². The molecule has 0 nitrogen and oxygen atoms in total. The summed E-state index contributed by atoms with van der Waals surface area (Å²) in [5.41, 5.74) is 0. The van der Waals surface area contributed by atoms with Crippen LogP contribution in [0, 0.1) is 5.92 Å². The van der Waals surface area contributed by atoms with E-state index in [0.717, 1.165) is 6.08 Å². The first kappa shape index (κ1) is 6.60. The highest BCUT2D eigenvalue weighted by atomic mass is 19.3. The maximum atomic E-state index is 11.1. The molecule has 0 N–H and O–H groups in total. The van der Waals surface area contributed by atoms with Crippen LogP contribution >= 0.6 is 0 Å². The van der Waals surface area contributed by atoms with Crippen LogP contribution in [-0.4, -0.2) is 0 Å². The lowest BCUT2D eigenvalue weighted by Gasteiger charge is -1.87. The Labute approximate surface area is 41.8 Å². The van der Waals surface area contributed by atoms with Crippen molar-refractivity contribution in [2.24, 2.45) is 5.92 Å². The van der Waals surface area contributed by atoms with Crippen molar-refractivity contribution in [1.29, 1.82) is 0 Å². The molecule has 0 aliphatic heterocycles. The van der Waals surface area contributed by atoms with E-state index in [4.69, 9.17) is 0 Å². The maximum absolute atomic E-state index is 11.1. The summed E-state index contributed by atoms with van der Waals surface area (Å²) in [6.07, 6.45) is -0.671. The van der Waals surface area contributed by atoms with Crippen LogP contribution in [0.2, 0.25) is 0 Å². The van der Waals surface area contributed by atoms with Crippen molar-refractivity contribution < 1.29 is 8.78 Å². The Morgan fingerprint density at radius 3 is 1.86 bits per heavy atom. The van der Waals surface area contributed by atoms with E-state index in [1.807, 2.05) is 0 Å². The van der Waals surface area contributed by atoms with E-state index in [1.165, 1.54) is 0 Å². The van der Waals surface area contributed by atoms with Gasteiger partial charge in [-0.05, 0) is 12.0 Å². The van der Waals surface area contributed by atoms with Gasteiger partial charge < -0.3 is 0 Å². The molecule has 7 heavy (non-hydrogen) atoms. The zero-order valence-corrected chi connectivity index (χ0v) is 4.41. The molecule has 0 spiro atoms. The standard InChI is InChI=1S/C5H8F2/c1-4(2)3-5(6)7/h3-4H,1-2H3. The Morgan fingerprint density at radius 1 is 1.43 bits per heavy atom. The smallest absolute Gasteiger partial charge is 0.174 e. The largest absolute Gasteiger partial charge is 0.266 e. The third-order valence-electron chi connectivity index (χ3n) is 0.459. The summed E-state index contributed by atoms with van der Waals surface area (Å²) in [6, 6.07) is 0. The molecule has 42 valence electrons. The molecule has 0 amide bonds. The van der Waals surface area contributed by atoms with Crippen LogP contribution < -0.4 is 0 Å². The average Bonchev–Trinajstić information content (AvgIpc) is 1.27.